The molecule has 1 heterocycles. The first-order valence-electron chi connectivity index (χ1n) is 6.13. The molecule has 0 amide bonds. The summed E-state index contributed by atoms with van der Waals surface area (Å²) in [5.41, 5.74) is 7.05. The molecule has 0 saturated heterocycles. The Balaban J connectivity index is 2.36. The lowest BCUT2D eigenvalue weighted by Crippen LogP contribution is -2.09. The summed E-state index contributed by atoms with van der Waals surface area (Å²) in [7, 11) is 0. The van der Waals surface area contributed by atoms with Gasteiger partial charge in [0.2, 0.25) is 0 Å². The maximum atomic E-state index is 13.8. The molecule has 0 saturated carbocycles. The molecule has 0 radical (unpaired) electrons. The van der Waals surface area contributed by atoms with E-state index in [9.17, 15) is 4.39 Å². The summed E-state index contributed by atoms with van der Waals surface area (Å²) in [6.45, 7) is 4.04. The molecule has 5 heteroatoms. The Hall–Kier alpha value is -2.01. The van der Waals surface area contributed by atoms with Gasteiger partial charge in [-0.2, -0.15) is 0 Å². The van der Waals surface area contributed by atoms with Crippen LogP contribution in [-0.2, 0) is 0 Å². The van der Waals surface area contributed by atoms with Crippen LogP contribution < -0.4 is 10.5 Å². The van der Waals surface area contributed by atoms with Crippen LogP contribution in [0, 0.1) is 5.82 Å². The van der Waals surface area contributed by atoms with Crippen LogP contribution in [0.15, 0.2) is 30.5 Å². The van der Waals surface area contributed by atoms with Crippen LogP contribution in [0.4, 0.5) is 4.39 Å². The Labute approximate surface area is 111 Å². The molecule has 100 valence electrons. The molecular weight excluding hydrogens is 245 g/mol. The first-order valence-corrected chi connectivity index (χ1v) is 6.13. The predicted octanol–water partition coefficient (Wildman–Crippen LogP) is 2.70. The molecule has 2 rings (SSSR count). The van der Waals surface area contributed by atoms with Gasteiger partial charge in [-0.15, -0.1) is 0 Å². The van der Waals surface area contributed by atoms with E-state index in [0.29, 0.717) is 23.7 Å². The molecule has 0 spiro atoms. The van der Waals surface area contributed by atoms with Crippen LogP contribution in [0.2, 0.25) is 0 Å². The van der Waals surface area contributed by atoms with Crippen LogP contribution in [0.3, 0.4) is 0 Å². The second-order valence-corrected chi connectivity index (χ2v) is 4.17. The maximum Gasteiger partial charge on any atom is 0.165 e. The standard InChI is InChI=1S/C14H16FN3O/c1-3-19-13-5-4-10(8-11(13)15)12-6-7-17-14(18-12)9(2)16/h4-9H,3,16H2,1-2H3. The summed E-state index contributed by atoms with van der Waals surface area (Å²) < 4.78 is 19.0. The Bertz CT molecular complexity index is 572. The van der Waals surface area contributed by atoms with Crippen LogP contribution in [0.5, 0.6) is 5.75 Å². The van der Waals surface area contributed by atoms with E-state index in [-0.39, 0.29) is 11.8 Å². The molecule has 0 bridgehead atoms. The summed E-state index contributed by atoms with van der Waals surface area (Å²) in [5, 5.41) is 0. The number of rotatable bonds is 4. The fourth-order valence-corrected chi connectivity index (χ4v) is 1.69. The fourth-order valence-electron chi connectivity index (χ4n) is 1.69. The van der Waals surface area contributed by atoms with Crippen molar-refractivity contribution >= 4 is 0 Å². The van der Waals surface area contributed by atoms with Crippen molar-refractivity contribution < 1.29 is 9.13 Å². The monoisotopic (exact) mass is 261 g/mol. The van der Waals surface area contributed by atoms with Crippen molar-refractivity contribution in [1.29, 1.82) is 0 Å². The van der Waals surface area contributed by atoms with Gasteiger partial charge in [-0.3, -0.25) is 0 Å². The Morgan fingerprint density at radius 1 is 1.37 bits per heavy atom. The lowest BCUT2D eigenvalue weighted by molar-refractivity contribution is 0.321. The third kappa shape index (κ3) is 3.06. The summed E-state index contributed by atoms with van der Waals surface area (Å²) >= 11 is 0. The van der Waals surface area contributed by atoms with Crippen molar-refractivity contribution in [2.45, 2.75) is 19.9 Å². The van der Waals surface area contributed by atoms with Gasteiger partial charge >= 0.3 is 0 Å². The van der Waals surface area contributed by atoms with Crippen molar-refractivity contribution in [2.75, 3.05) is 6.61 Å². The highest BCUT2D eigenvalue weighted by atomic mass is 19.1. The second-order valence-electron chi connectivity index (χ2n) is 4.17. The molecule has 0 aliphatic heterocycles. The molecule has 0 fully saturated rings. The van der Waals surface area contributed by atoms with E-state index < -0.39 is 5.82 Å². The molecule has 0 aliphatic carbocycles. The number of benzene rings is 1. The Morgan fingerprint density at radius 3 is 2.79 bits per heavy atom. The summed E-state index contributed by atoms with van der Waals surface area (Å²) in [4.78, 5) is 8.39. The van der Waals surface area contributed by atoms with Crippen molar-refractivity contribution in [3.63, 3.8) is 0 Å². The molecule has 1 aromatic heterocycles. The smallest absolute Gasteiger partial charge is 0.165 e. The van der Waals surface area contributed by atoms with Gasteiger partial charge in [0.15, 0.2) is 11.6 Å². The van der Waals surface area contributed by atoms with Gasteiger partial charge in [-0.25, -0.2) is 14.4 Å². The normalized spacial score (nSPS) is 12.2. The quantitative estimate of drug-likeness (QED) is 0.919. The zero-order chi connectivity index (χ0) is 13.8. The fraction of sp³-hybridized carbons (Fsp3) is 0.286. The van der Waals surface area contributed by atoms with Gasteiger partial charge < -0.3 is 10.5 Å². The summed E-state index contributed by atoms with van der Waals surface area (Å²) in [6, 6.07) is 6.23. The van der Waals surface area contributed by atoms with Crippen molar-refractivity contribution in [3.05, 3.63) is 42.1 Å². The first-order chi connectivity index (χ1) is 9.11. The average Bonchev–Trinajstić information content (AvgIpc) is 2.41. The van der Waals surface area contributed by atoms with Gasteiger partial charge in [0.1, 0.15) is 5.82 Å². The third-order valence-electron chi connectivity index (χ3n) is 2.61. The van der Waals surface area contributed by atoms with Crippen LogP contribution in [-0.4, -0.2) is 16.6 Å². The maximum absolute atomic E-state index is 13.8. The van der Waals surface area contributed by atoms with E-state index in [1.807, 2.05) is 6.92 Å². The lowest BCUT2D eigenvalue weighted by atomic mass is 10.1. The molecule has 2 N–H and O–H groups in total. The van der Waals surface area contributed by atoms with Crippen molar-refractivity contribution in [2.24, 2.45) is 5.73 Å². The minimum atomic E-state index is -0.402. The highest BCUT2D eigenvalue weighted by Crippen LogP contribution is 2.24. The third-order valence-corrected chi connectivity index (χ3v) is 2.61. The Morgan fingerprint density at radius 2 is 2.16 bits per heavy atom. The van der Waals surface area contributed by atoms with Crippen molar-refractivity contribution in [3.8, 4) is 17.0 Å². The van der Waals surface area contributed by atoms with Gasteiger partial charge in [-0.05, 0) is 38.1 Å². The van der Waals surface area contributed by atoms with E-state index in [0.717, 1.165) is 0 Å². The van der Waals surface area contributed by atoms with Crippen molar-refractivity contribution in [1.82, 2.24) is 9.97 Å². The zero-order valence-electron chi connectivity index (χ0n) is 10.9. The Kier molecular flexibility index (Phi) is 4.06. The van der Waals surface area contributed by atoms with Gasteiger partial charge in [0, 0.05) is 11.8 Å². The first kappa shape index (κ1) is 13.4. The SMILES string of the molecule is CCOc1ccc(-c2ccnc(C(C)N)n2)cc1F. The number of nitrogens with zero attached hydrogens (tertiary/aromatic N) is 2. The minimum absolute atomic E-state index is 0.243. The van der Waals surface area contributed by atoms with Crippen LogP contribution in [0.25, 0.3) is 11.3 Å². The molecule has 2 aromatic rings. The summed E-state index contributed by atoms with van der Waals surface area (Å²) in [6.07, 6.45) is 1.62. The predicted molar refractivity (Wildman–Crippen MR) is 71.2 cm³/mol. The van der Waals surface area contributed by atoms with Crippen LogP contribution >= 0.6 is 0 Å². The van der Waals surface area contributed by atoms with E-state index in [1.165, 1.54) is 6.07 Å². The topological polar surface area (TPSA) is 61.0 Å². The van der Waals surface area contributed by atoms with Gasteiger partial charge in [0.05, 0.1) is 18.3 Å². The van der Waals surface area contributed by atoms with E-state index in [1.54, 1.807) is 31.3 Å². The largest absolute Gasteiger partial charge is 0.491 e. The lowest BCUT2D eigenvalue weighted by Gasteiger charge is -2.08. The van der Waals surface area contributed by atoms with E-state index in [4.69, 9.17) is 10.5 Å². The highest BCUT2D eigenvalue weighted by Gasteiger charge is 2.09. The molecular formula is C14H16FN3O. The number of hydrogen-bond acceptors (Lipinski definition) is 4. The molecule has 0 aliphatic rings. The number of halogens is 1. The highest BCUT2D eigenvalue weighted by molar-refractivity contribution is 5.60. The number of hydrogen-bond donors (Lipinski definition) is 1. The molecule has 4 nitrogen and oxygen atoms in total. The summed E-state index contributed by atoms with van der Waals surface area (Å²) in [5.74, 6) is 0.375. The van der Waals surface area contributed by atoms with E-state index in [2.05, 4.69) is 9.97 Å². The number of ether oxygens (including phenoxy) is 1. The minimum Gasteiger partial charge on any atom is -0.491 e. The van der Waals surface area contributed by atoms with Gasteiger partial charge in [-0.1, -0.05) is 0 Å². The zero-order valence-corrected chi connectivity index (χ0v) is 10.9. The van der Waals surface area contributed by atoms with E-state index >= 15 is 0 Å². The molecule has 19 heavy (non-hydrogen) atoms. The molecule has 1 atom stereocenters. The molecule has 1 unspecified atom stereocenters. The number of aromatic nitrogens is 2. The van der Waals surface area contributed by atoms with Crippen LogP contribution in [0.1, 0.15) is 25.7 Å². The second kappa shape index (κ2) is 5.75. The van der Waals surface area contributed by atoms with Gasteiger partial charge in [0.25, 0.3) is 0 Å². The molecule has 1 aromatic carbocycles. The number of nitrogens with two attached hydrogens (primary N) is 1. The average molecular weight is 261 g/mol.